The third kappa shape index (κ3) is 3.38. The van der Waals surface area contributed by atoms with Crippen LogP contribution in [-0.4, -0.2) is 44.6 Å². The second kappa shape index (κ2) is 7.50. The Labute approximate surface area is 190 Å². The Morgan fingerprint density at radius 2 is 1.76 bits per heavy atom. The van der Waals surface area contributed by atoms with Gasteiger partial charge in [-0.05, 0) is 54.7 Å². The fraction of sp³-hybridized carbons (Fsp3) is 0.440. The maximum atomic E-state index is 13.2. The average molecular weight is 458 g/mol. The molecule has 0 spiro atoms. The second-order valence-electron chi connectivity index (χ2n) is 9.05. The standard InChI is InChI=1S/C25H25F3N2O3/c1-31-21-3-2-15-10-20-18-12-23-22(32-14-33-23)11-16(18)4-7-30(20)13-19(15)24(21)29-8-5-17(6-9-29)25(26,27)28/h2-3,10-12,17H,4-9,13-14H2,1H3. The normalized spacial score (nSPS) is 19.6. The van der Waals surface area contributed by atoms with E-state index in [1.807, 2.05) is 12.1 Å². The van der Waals surface area contributed by atoms with Gasteiger partial charge in [0.1, 0.15) is 5.75 Å². The fourth-order valence-electron chi connectivity index (χ4n) is 5.52. The lowest BCUT2D eigenvalue weighted by Gasteiger charge is -2.40. The first kappa shape index (κ1) is 20.6. The minimum absolute atomic E-state index is 0.113. The van der Waals surface area contributed by atoms with E-state index >= 15 is 0 Å². The number of piperidine rings is 1. The number of methoxy groups -OCH3 is 1. The van der Waals surface area contributed by atoms with Crippen molar-refractivity contribution >= 4 is 17.5 Å². The van der Waals surface area contributed by atoms with E-state index in [-0.39, 0.29) is 19.6 Å². The molecule has 2 aromatic rings. The quantitative estimate of drug-likeness (QED) is 0.628. The number of alkyl halides is 3. The van der Waals surface area contributed by atoms with Crippen LogP contribution < -0.4 is 19.1 Å². The largest absolute Gasteiger partial charge is 0.495 e. The van der Waals surface area contributed by atoms with Crippen LogP contribution in [0.25, 0.3) is 11.8 Å². The zero-order valence-electron chi connectivity index (χ0n) is 18.4. The van der Waals surface area contributed by atoms with Crippen molar-refractivity contribution in [3.05, 3.63) is 46.5 Å². The number of ether oxygens (including phenoxy) is 3. The van der Waals surface area contributed by atoms with Gasteiger partial charge in [-0.2, -0.15) is 13.2 Å². The first-order valence-corrected chi connectivity index (χ1v) is 11.3. The van der Waals surface area contributed by atoms with Gasteiger partial charge in [0.05, 0.1) is 18.7 Å². The van der Waals surface area contributed by atoms with Gasteiger partial charge < -0.3 is 24.0 Å². The Morgan fingerprint density at radius 1 is 1.00 bits per heavy atom. The van der Waals surface area contributed by atoms with E-state index in [1.54, 1.807) is 7.11 Å². The minimum atomic E-state index is -4.12. The highest BCUT2D eigenvalue weighted by atomic mass is 19.4. The maximum absolute atomic E-state index is 13.2. The summed E-state index contributed by atoms with van der Waals surface area (Å²) in [6.07, 6.45) is -0.817. The van der Waals surface area contributed by atoms with Crippen LogP contribution in [0.1, 0.15) is 35.1 Å². The van der Waals surface area contributed by atoms with Crippen LogP contribution >= 0.6 is 0 Å². The molecule has 2 aromatic carbocycles. The number of rotatable bonds is 2. The lowest BCUT2D eigenvalue weighted by molar-refractivity contribution is -0.179. The SMILES string of the molecule is COc1ccc2c(c1N1CCC(C(F)(F)F)CC1)CN1CCc3cc4c(cc3C1=C2)OCO4. The summed E-state index contributed by atoms with van der Waals surface area (Å²) >= 11 is 0. The van der Waals surface area contributed by atoms with Gasteiger partial charge in [-0.25, -0.2) is 0 Å². The molecule has 33 heavy (non-hydrogen) atoms. The summed E-state index contributed by atoms with van der Waals surface area (Å²) in [5.41, 5.74) is 6.68. The van der Waals surface area contributed by atoms with Gasteiger partial charge in [0, 0.05) is 43.0 Å². The van der Waals surface area contributed by atoms with Crippen molar-refractivity contribution < 1.29 is 27.4 Å². The molecule has 1 fully saturated rings. The van der Waals surface area contributed by atoms with Crippen LogP contribution in [-0.2, 0) is 13.0 Å². The zero-order valence-corrected chi connectivity index (χ0v) is 18.4. The van der Waals surface area contributed by atoms with Crippen LogP contribution in [0.15, 0.2) is 24.3 Å². The van der Waals surface area contributed by atoms with Crippen molar-refractivity contribution in [1.82, 2.24) is 4.90 Å². The molecule has 174 valence electrons. The summed E-state index contributed by atoms with van der Waals surface area (Å²) in [5, 5.41) is 0. The van der Waals surface area contributed by atoms with Crippen LogP contribution in [0.3, 0.4) is 0 Å². The number of anilines is 1. The average Bonchev–Trinajstić information content (AvgIpc) is 3.27. The lowest BCUT2D eigenvalue weighted by Crippen LogP contribution is -2.40. The summed E-state index contributed by atoms with van der Waals surface area (Å²) < 4.78 is 56.4. The molecule has 1 saturated heterocycles. The molecule has 8 heteroatoms. The van der Waals surface area contributed by atoms with E-state index in [9.17, 15) is 13.2 Å². The van der Waals surface area contributed by atoms with Crippen LogP contribution in [0.2, 0.25) is 0 Å². The van der Waals surface area contributed by atoms with Gasteiger partial charge in [-0.15, -0.1) is 0 Å². The van der Waals surface area contributed by atoms with E-state index in [0.717, 1.165) is 58.3 Å². The molecule has 0 unspecified atom stereocenters. The van der Waals surface area contributed by atoms with E-state index < -0.39 is 12.1 Å². The summed E-state index contributed by atoms with van der Waals surface area (Å²) in [6, 6.07) is 8.12. The van der Waals surface area contributed by atoms with Crippen molar-refractivity contribution in [3.8, 4) is 17.2 Å². The highest BCUT2D eigenvalue weighted by molar-refractivity contribution is 5.88. The smallest absolute Gasteiger partial charge is 0.391 e. The van der Waals surface area contributed by atoms with Gasteiger partial charge in [0.25, 0.3) is 0 Å². The minimum Gasteiger partial charge on any atom is -0.495 e. The second-order valence-corrected chi connectivity index (χ2v) is 9.05. The maximum Gasteiger partial charge on any atom is 0.391 e. The molecule has 0 amide bonds. The molecule has 0 atom stereocenters. The van der Waals surface area contributed by atoms with Crippen LogP contribution in [0.4, 0.5) is 18.9 Å². The zero-order chi connectivity index (χ0) is 22.7. The first-order valence-electron chi connectivity index (χ1n) is 11.3. The summed E-state index contributed by atoms with van der Waals surface area (Å²) in [6.45, 7) is 2.56. The van der Waals surface area contributed by atoms with Crippen LogP contribution in [0.5, 0.6) is 17.2 Å². The highest BCUT2D eigenvalue weighted by Gasteiger charge is 2.42. The van der Waals surface area contributed by atoms with Crippen molar-refractivity contribution in [3.63, 3.8) is 0 Å². The van der Waals surface area contributed by atoms with E-state index in [2.05, 4.69) is 28.0 Å². The van der Waals surface area contributed by atoms with Gasteiger partial charge in [0.15, 0.2) is 11.5 Å². The van der Waals surface area contributed by atoms with Crippen molar-refractivity contribution in [2.24, 2.45) is 5.92 Å². The number of benzene rings is 2. The lowest BCUT2D eigenvalue weighted by atomic mass is 9.89. The number of hydrogen-bond donors (Lipinski definition) is 0. The highest BCUT2D eigenvalue weighted by Crippen LogP contribution is 2.46. The molecule has 0 N–H and O–H groups in total. The van der Waals surface area contributed by atoms with Gasteiger partial charge in [-0.1, -0.05) is 6.07 Å². The molecule has 6 rings (SSSR count). The number of nitrogens with zero attached hydrogens (tertiary/aromatic N) is 2. The van der Waals surface area contributed by atoms with Gasteiger partial charge in [-0.3, -0.25) is 0 Å². The summed E-state index contributed by atoms with van der Waals surface area (Å²) in [4.78, 5) is 4.42. The Hall–Kier alpha value is -3.03. The number of hydrogen-bond acceptors (Lipinski definition) is 5. The fourth-order valence-corrected chi connectivity index (χ4v) is 5.52. The molecular formula is C25H25F3N2O3. The molecule has 0 aromatic heterocycles. The van der Waals surface area contributed by atoms with E-state index in [4.69, 9.17) is 14.2 Å². The van der Waals surface area contributed by atoms with Gasteiger partial charge >= 0.3 is 6.18 Å². The van der Waals surface area contributed by atoms with E-state index in [1.165, 1.54) is 5.56 Å². The molecular weight excluding hydrogens is 433 g/mol. The molecule has 4 aliphatic rings. The Kier molecular flexibility index (Phi) is 4.67. The first-order chi connectivity index (χ1) is 15.9. The Balaban J connectivity index is 1.38. The molecule has 4 aliphatic heterocycles. The monoisotopic (exact) mass is 458 g/mol. The molecule has 0 radical (unpaired) electrons. The Morgan fingerprint density at radius 3 is 2.48 bits per heavy atom. The summed E-state index contributed by atoms with van der Waals surface area (Å²) in [7, 11) is 1.62. The van der Waals surface area contributed by atoms with E-state index in [0.29, 0.717) is 19.6 Å². The molecule has 4 heterocycles. The third-order valence-corrected chi connectivity index (χ3v) is 7.28. The third-order valence-electron chi connectivity index (χ3n) is 7.28. The Bertz CT molecular complexity index is 1140. The molecule has 0 saturated carbocycles. The molecule has 0 aliphatic carbocycles. The van der Waals surface area contributed by atoms with Crippen molar-refractivity contribution in [2.45, 2.75) is 32.0 Å². The number of fused-ring (bicyclic) bond motifs is 5. The molecule has 0 bridgehead atoms. The molecule has 5 nitrogen and oxygen atoms in total. The topological polar surface area (TPSA) is 34.2 Å². The van der Waals surface area contributed by atoms with Gasteiger partial charge in [0.2, 0.25) is 6.79 Å². The van der Waals surface area contributed by atoms with Crippen molar-refractivity contribution in [2.75, 3.05) is 38.4 Å². The van der Waals surface area contributed by atoms with Crippen molar-refractivity contribution in [1.29, 1.82) is 0 Å². The number of halogens is 3. The summed E-state index contributed by atoms with van der Waals surface area (Å²) in [5.74, 6) is 1.06. The van der Waals surface area contributed by atoms with Crippen LogP contribution in [0, 0.1) is 5.92 Å². The predicted molar refractivity (Wildman–Crippen MR) is 119 cm³/mol. The predicted octanol–water partition coefficient (Wildman–Crippen LogP) is 5.07.